The Hall–Kier alpha value is -1.10. The van der Waals surface area contributed by atoms with Crippen LogP contribution in [-0.4, -0.2) is 55.6 Å². The topological polar surface area (TPSA) is 41.9 Å². The fourth-order valence-electron chi connectivity index (χ4n) is 2.28. The van der Waals surface area contributed by atoms with Crippen LogP contribution in [0.4, 0.5) is 0 Å². The average Bonchev–Trinajstić information content (AvgIpc) is 2.46. The number of hydrogen-bond acceptors (Lipinski definition) is 4. The molecule has 0 spiro atoms. The molecule has 0 amide bonds. The molecule has 1 heterocycles. The number of aliphatic hydroxyl groups excluding tert-OH is 1. The third kappa shape index (κ3) is 4.78. The van der Waals surface area contributed by atoms with Crippen molar-refractivity contribution in [2.75, 3.05) is 39.5 Å². The predicted octanol–water partition coefficient (Wildman–Crippen LogP) is 1.88. The van der Waals surface area contributed by atoms with Gasteiger partial charge in [-0.15, -0.1) is 0 Å². The van der Waals surface area contributed by atoms with Gasteiger partial charge in [-0.05, 0) is 23.6 Å². The third-order valence-electron chi connectivity index (χ3n) is 3.56. The van der Waals surface area contributed by atoms with E-state index in [1.54, 1.807) is 0 Å². The zero-order chi connectivity index (χ0) is 14.4. The lowest BCUT2D eigenvalue weighted by atomic mass is 10.0. The molecule has 1 aromatic rings. The van der Waals surface area contributed by atoms with Gasteiger partial charge in [0.05, 0.1) is 13.2 Å². The van der Waals surface area contributed by atoms with Gasteiger partial charge in [0.15, 0.2) is 0 Å². The Morgan fingerprint density at radius 3 is 2.45 bits per heavy atom. The van der Waals surface area contributed by atoms with Crippen LogP contribution in [0.2, 0.25) is 0 Å². The number of hydrogen-bond donors (Lipinski definition) is 1. The molecule has 0 bridgehead atoms. The van der Waals surface area contributed by atoms with E-state index in [0.29, 0.717) is 19.1 Å². The maximum absolute atomic E-state index is 10.00. The number of benzene rings is 1. The van der Waals surface area contributed by atoms with Crippen LogP contribution in [0, 0.1) is 0 Å². The lowest BCUT2D eigenvalue weighted by Crippen LogP contribution is -2.42. The summed E-state index contributed by atoms with van der Waals surface area (Å²) in [7, 11) is 0. The van der Waals surface area contributed by atoms with Gasteiger partial charge >= 0.3 is 0 Å². The highest BCUT2D eigenvalue weighted by molar-refractivity contribution is 5.28. The summed E-state index contributed by atoms with van der Waals surface area (Å²) in [5, 5.41) is 10.00. The molecule has 1 atom stereocenters. The van der Waals surface area contributed by atoms with E-state index < -0.39 is 6.10 Å². The van der Waals surface area contributed by atoms with Crippen LogP contribution in [0.1, 0.15) is 25.3 Å². The standard InChI is InChI=1S/C16H25NO3/c1-13(2)14-3-5-16(6-4-14)20-12-15(18)11-17-7-9-19-10-8-17/h3-6,13,15,18H,7-12H2,1-2H3. The molecule has 0 radical (unpaired) electrons. The van der Waals surface area contributed by atoms with E-state index in [9.17, 15) is 5.11 Å². The first-order valence-electron chi connectivity index (χ1n) is 7.36. The number of β-amino-alcohol motifs (C(OH)–C–C–N with tert-alkyl or cyclic N) is 1. The molecule has 0 aromatic heterocycles. The maximum Gasteiger partial charge on any atom is 0.119 e. The molecule has 1 aromatic carbocycles. The molecule has 1 N–H and O–H groups in total. The van der Waals surface area contributed by atoms with E-state index in [-0.39, 0.29) is 0 Å². The molecule has 2 rings (SSSR count). The van der Waals surface area contributed by atoms with E-state index in [0.717, 1.165) is 32.1 Å². The van der Waals surface area contributed by atoms with Crippen molar-refractivity contribution in [3.05, 3.63) is 29.8 Å². The van der Waals surface area contributed by atoms with E-state index in [1.807, 2.05) is 12.1 Å². The fourth-order valence-corrected chi connectivity index (χ4v) is 2.28. The fraction of sp³-hybridized carbons (Fsp3) is 0.625. The van der Waals surface area contributed by atoms with Gasteiger partial charge in [0.25, 0.3) is 0 Å². The van der Waals surface area contributed by atoms with Crippen molar-refractivity contribution in [1.82, 2.24) is 4.90 Å². The van der Waals surface area contributed by atoms with E-state index in [4.69, 9.17) is 9.47 Å². The minimum absolute atomic E-state index is 0.332. The Bertz CT molecular complexity index is 385. The van der Waals surface area contributed by atoms with Crippen LogP contribution in [0.25, 0.3) is 0 Å². The van der Waals surface area contributed by atoms with Crippen LogP contribution in [-0.2, 0) is 4.74 Å². The molecule has 4 nitrogen and oxygen atoms in total. The van der Waals surface area contributed by atoms with Gasteiger partial charge in [0.2, 0.25) is 0 Å². The first kappa shape index (κ1) is 15.3. The average molecular weight is 279 g/mol. The number of morpholine rings is 1. The van der Waals surface area contributed by atoms with Crippen LogP contribution in [0.5, 0.6) is 5.75 Å². The molecular weight excluding hydrogens is 254 g/mol. The van der Waals surface area contributed by atoms with Crippen molar-refractivity contribution in [3.63, 3.8) is 0 Å². The quantitative estimate of drug-likeness (QED) is 0.863. The summed E-state index contributed by atoms with van der Waals surface area (Å²) in [5.41, 5.74) is 1.30. The van der Waals surface area contributed by atoms with Crippen molar-refractivity contribution in [1.29, 1.82) is 0 Å². The molecule has 20 heavy (non-hydrogen) atoms. The lowest BCUT2D eigenvalue weighted by molar-refractivity contribution is 0.00465. The molecule has 1 unspecified atom stereocenters. The van der Waals surface area contributed by atoms with Gasteiger partial charge in [-0.3, -0.25) is 4.90 Å². The van der Waals surface area contributed by atoms with Crippen molar-refractivity contribution in [2.24, 2.45) is 0 Å². The van der Waals surface area contributed by atoms with Gasteiger partial charge in [-0.1, -0.05) is 26.0 Å². The SMILES string of the molecule is CC(C)c1ccc(OCC(O)CN2CCOCC2)cc1. The number of aliphatic hydroxyl groups is 1. The lowest BCUT2D eigenvalue weighted by Gasteiger charge is -2.28. The van der Waals surface area contributed by atoms with E-state index >= 15 is 0 Å². The zero-order valence-corrected chi connectivity index (χ0v) is 12.4. The van der Waals surface area contributed by atoms with Crippen molar-refractivity contribution in [2.45, 2.75) is 25.9 Å². The zero-order valence-electron chi connectivity index (χ0n) is 12.4. The minimum Gasteiger partial charge on any atom is -0.491 e. The Balaban J connectivity index is 1.73. The highest BCUT2D eigenvalue weighted by Crippen LogP contribution is 2.18. The highest BCUT2D eigenvalue weighted by Gasteiger charge is 2.15. The smallest absolute Gasteiger partial charge is 0.119 e. The molecule has 1 aliphatic rings. The Labute approximate surface area is 121 Å². The highest BCUT2D eigenvalue weighted by atomic mass is 16.5. The van der Waals surface area contributed by atoms with E-state index in [2.05, 4.69) is 30.9 Å². The third-order valence-corrected chi connectivity index (χ3v) is 3.56. The normalized spacial score (nSPS) is 18.2. The summed E-state index contributed by atoms with van der Waals surface area (Å²) >= 11 is 0. The molecule has 1 fully saturated rings. The largest absolute Gasteiger partial charge is 0.491 e. The second-order valence-corrected chi connectivity index (χ2v) is 5.60. The monoisotopic (exact) mass is 279 g/mol. The van der Waals surface area contributed by atoms with Gasteiger partial charge in [-0.2, -0.15) is 0 Å². The molecular formula is C16H25NO3. The van der Waals surface area contributed by atoms with Crippen LogP contribution < -0.4 is 4.74 Å². The number of ether oxygens (including phenoxy) is 2. The Kier molecular flexibility index (Phi) is 5.83. The van der Waals surface area contributed by atoms with E-state index in [1.165, 1.54) is 5.56 Å². The number of nitrogens with zero attached hydrogens (tertiary/aromatic N) is 1. The molecule has 1 aliphatic heterocycles. The summed E-state index contributed by atoms with van der Waals surface area (Å²) < 4.78 is 10.9. The summed E-state index contributed by atoms with van der Waals surface area (Å²) in [6.07, 6.45) is -0.460. The second kappa shape index (κ2) is 7.62. The second-order valence-electron chi connectivity index (χ2n) is 5.60. The van der Waals surface area contributed by atoms with Crippen LogP contribution >= 0.6 is 0 Å². The first-order chi connectivity index (χ1) is 9.65. The summed E-state index contributed by atoms with van der Waals surface area (Å²) in [6, 6.07) is 8.09. The summed E-state index contributed by atoms with van der Waals surface area (Å²) in [4.78, 5) is 2.21. The molecule has 112 valence electrons. The van der Waals surface area contributed by atoms with Gasteiger partial charge in [0.1, 0.15) is 18.5 Å². The molecule has 0 saturated carbocycles. The predicted molar refractivity (Wildman–Crippen MR) is 79.3 cm³/mol. The van der Waals surface area contributed by atoms with Crippen LogP contribution in [0.15, 0.2) is 24.3 Å². The van der Waals surface area contributed by atoms with Crippen molar-refractivity contribution in [3.8, 4) is 5.75 Å². The minimum atomic E-state index is -0.460. The first-order valence-corrected chi connectivity index (χ1v) is 7.36. The van der Waals surface area contributed by atoms with Gasteiger partial charge < -0.3 is 14.6 Å². The van der Waals surface area contributed by atoms with Crippen molar-refractivity contribution < 1.29 is 14.6 Å². The Morgan fingerprint density at radius 2 is 1.85 bits per heavy atom. The van der Waals surface area contributed by atoms with Gasteiger partial charge in [-0.25, -0.2) is 0 Å². The molecule has 4 heteroatoms. The Morgan fingerprint density at radius 1 is 1.20 bits per heavy atom. The van der Waals surface area contributed by atoms with Crippen molar-refractivity contribution >= 4 is 0 Å². The molecule has 1 saturated heterocycles. The maximum atomic E-state index is 10.00. The molecule has 0 aliphatic carbocycles. The number of rotatable bonds is 6. The van der Waals surface area contributed by atoms with Crippen LogP contribution in [0.3, 0.4) is 0 Å². The summed E-state index contributed by atoms with van der Waals surface area (Å²) in [5.74, 6) is 1.34. The van der Waals surface area contributed by atoms with Gasteiger partial charge in [0, 0.05) is 19.6 Å². The summed E-state index contributed by atoms with van der Waals surface area (Å²) in [6.45, 7) is 8.60.